The fourth-order valence-electron chi connectivity index (χ4n) is 5.97. The van der Waals surface area contributed by atoms with Crippen molar-refractivity contribution in [3.8, 4) is 56.7 Å². The molecule has 0 bridgehead atoms. The molecule has 0 atom stereocenters. The van der Waals surface area contributed by atoms with E-state index in [4.69, 9.17) is 24.4 Å². The highest BCUT2D eigenvalue weighted by Gasteiger charge is 2.15. The van der Waals surface area contributed by atoms with E-state index in [1.165, 1.54) is 0 Å². The molecule has 9 aromatic rings. The van der Waals surface area contributed by atoms with Crippen LogP contribution in [-0.4, -0.2) is 30.1 Å². The number of furan rings is 1. The first-order valence-electron chi connectivity index (χ1n) is 15.3. The van der Waals surface area contributed by atoms with Crippen LogP contribution in [0.2, 0.25) is 0 Å². The van der Waals surface area contributed by atoms with Crippen molar-refractivity contribution in [1.82, 2.24) is 30.1 Å². The van der Waals surface area contributed by atoms with Gasteiger partial charge in [0, 0.05) is 38.2 Å². The monoisotopic (exact) mass is 604 g/mol. The lowest BCUT2D eigenvalue weighted by molar-refractivity contribution is 0.654. The zero-order valence-corrected chi connectivity index (χ0v) is 24.9. The minimum Gasteiger partial charge on any atom is -0.438 e. The van der Waals surface area contributed by atoms with Crippen LogP contribution in [0.5, 0.6) is 0 Å². The van der Waals surface area contributed by atoms with Crippen molar-refractivity contribution in [3.05, 3.63) is 146 Å². The number of nitrogens with zero attached hydrogens (tertiary/aromatic N) is 6. The van der Waals surface area contributed by atoms with Crippen LogP contribution in [0.25, 0.3) is 89.5 Å². The van der Waals surface area contributed by atoms with E-state index in [1.807, 2.05) is 109 Å². The molecule has 0 saturated carbocycles. The van der Waals surface area contributed by atoms with E-state index >= 15 is 0 Å². The van der Waals surface area contributed by atoms with Crippen molar-refractivity contribution >= 4 is 32.8 Å². The SMILES string of the molecule is c1ccc(-c2nc(-c3ccccc3)nc(-c3cccc(-c4ccc5c(-c6ccc7c(n6)oc6ccccc67)nncc5c4)c3)n2)cc1. The predicted molar refractivity (Wildman–Crippen MR) is 185 cm³/mol. The second kappa shape index (κ2) is 11.1. The molecule has 220 valence electrons. The van der Waals surface area contributed by atoms with E-state index in [2.05, 4.69) is 40.5 Å². The highest BCUT2D eigenvalue weighted by Crippen LogP contribution is 2.34. The van der Waals surface area contributed by atoms with Crippen LogP contribution in [-0.2, 0) is 0 Å². The van der Waals surface area contributed by atoms with Crippen LogP contribution in [0.15, 0.2) is 150 Å². The first kappa shape index (κ1) is 26.8. The normalized spacial score (nSPS) is 11.4. The van der Waals surface area contributed by atoms with Gasteiger partial charge in [0.2, 0.25) is 5.71 Å². The maximum atomic E-state index is 6.04. The molecular weight excluding hydrogens is 580 g/mol. The molecule has 5 aromatic carbocycles. The third kappa shape index (κ3) is 4.87. The number of benzene rings is 5. The Morgan fingerprint density at radius 3 is 1.81 bits per heavy atom. The van der Waals surface area contributed by atoms with E-state index < -0.39 is 0 Å². The van der Waals surface area contributed by atoms with Gasteiger partial charge in [-0.2, -0.15) is 5.10 Å². The van der Waals surface area contributed by atoms with Crippen LogP contribution in [0.1, 0.15) is 0 Å². The summed E-state index contributed by atoms with van der Waals surface area (Å²) in [5.74, 6) is 1.87. The molecular formula is C40H24N6O. The van der Waals surface area contributed by atoms with Crippen LogP contribution in [0.4, 0.5) is 0 Å². The number of rotatable bonds is 5. The lowest BCUT2D eigenvalue weighted by Crippen LogP contribution is -2.00. The lowest BCUT2D eigenvalue weighted by atomic mass is 9.99. The third-order valence-electron chi connectivity index (χ3n) is 8.30. The standard InChI is InChI=1S/C40H24N6O/c1-3-10-25(11-4-1)37-43-38(26-12-5-2-6-13-26)45-39(44-37)29-15-9-14-27(22-29)28-18-19-31-30(23-28)24-41-46-36(31)34-21-20-33-32-16-7-8-17-35(32)47-40(33)42-34/h1-24H. The summed E-state index contributed by atoms with van der Waals surface area (Å²) in [6.07, 6.45) is 1.79. The van der Waals surface area contributed by atoms with Gasteiger partial charge in [-0.05, 0) is 41.5 Å². The molecule has 0 aliphatic heterocycles. The molecule has 0 radical (unpaired) electrons. The summed E-state index contributed by atoms with van der Waals surface area (Å²) < 4.78 is 6.04. The summed E-state index contributed by atoms with van der Waals surface area (Å²) in [5, 5.41) is 12.8. The minimum absolute atomic E-state index is 0.583. The number of hydrogen-bond donors (Lipinski definition) is 0. The molecule has 0 aliphatic rings. The van der Waals surface area contributed by atoms with E-state index in [-0.39, 0.29) is 0 Å². The maximum absolute atomic E-state index is 6.04. The smallest absolute Gasteiger partial charge is 0.227 e. The quantitative estimate of drug-likeness (QED) is 0.193. The highest BCUT2D eigenvalue weighted by atomic mass is 16.3. The largest absolute Gasteiger partial charge is 0.438 e. The Labute approximate surface area is 269 Å². The van der Waals surface area contributed by atoms with Gasteiger partial charge in [-0.25, -0.2) is 19.9 Å². The van der Waals surface area contributed by atoms with Crippen LogP contribution < -0.4 is 0 Å². The minimum atomic E-state index is 0.583. The number of hydrogen-bond acceptors (Lipinski definition) is 7. The second-order valence-corrected chi connectivity index (χ2v) is 11.3. The summed E-state index contributed by atoms with van der Waals surface area (Å²) in [6.45, 7) is 0. The molecule has 0 N–H and O–H groups in total. The van der Waals surface area contributed by atoms with Crippen molar-refractivity contribution in [2.24, 2.45) is 0 Å². The molecule has 7 nitrogen and oxygen atoms in total. The predicted octanol–water partition coefficient (Wildman–Crippen LogP) is 9.44. The van der Waals surface area contributed by atoms with E-state index in [0.717, 1.165) is 54.9 Å². The summed E-state index contributed by atoms with van der Waals surface area (Å²) in [6, 6.07) is 46.6. The molecule has 47 heavy (non-hydrogen) atoms. The van der Waals surface area contributed by atoms with Crippen molar-refractivity contribution in [2.75, 3.05) is 0 Å². The van der Waals surface area contributed by atoms with E-state index in [1.54, 1.807) is 6.20 Å². The number of fused-ring (bicyclic) bond motifs is 4. The Bertz CT molecular complexity index is 2520. The Morgan fingerprint density at radius 1 is 0.426 bits per heavy atom. The Balaban J connectivity index is 1.11. The van der Waals surface area contributed by atoms with Crippen molar-refractivity contribution in [1.29, 1.82) is 0 Å². The van der Waals surface area contributed by atoms with Gasteiger partial charge >= 0.3 is 0 Å². The Hall–Kier alpha value is -6.60. The van der Waals surface area contributed by atoms with Crippen molar-refractivity contribution in [2.45, 2.75) is 0 Å². The number of pyridine rings is 1. The lowest BCUT2D eigenvalue weighted by Gasteiger charge is -2.10. The van der Waals surface area contributed by atoms with Gasteiger partial charge in [0.15, 0.2) is 17.5 Å². The van der Waals surface area contributed by atoms with Gasteiger partial charge in [0.1, 0.15) is 11.3 Å². The molecule has 0 unspecified atom stereocenters. The molecule has 0 saturated heterocycles. The van der Waals surface area contributed by atoms with Gasteiger partial charge in [-0.1, -0.05) is 109 Å². The summed E-state index contributed by atoms with van der Waals surface area (Å²) in [4.78, 5) is 19.5. The van der Waals surface area contributed by atoms with Crippen LogP contribution in [0.3, 0.4) is 0 Å². The molecule has 0 spiro atoms. The number of para-hydroxylation sites is 1. The summed E-state index contributed by atoms with van der Waals surface area (Å²) >= 11 is 0. The summed E-state index contributed by atoms with van der Waals surface area (Å²) in [7, 11) is 0. The topological polar surface area (TPSA) is 90.5 Å². The van der Waals surface area contributed by atoms with E-state index in [0.29, 0.717) is 34.6 Å². The van der Waals surface area contributed by atoms with Crippen LogP contribution >= 0.6 is 0 Å². The first-order valence-corrected chi connectivity index (χ1v) is 15.3. The molecule has 4 aromatic heterocycles. The average molecular weight is 605 g/mol. The van der Waals surface area contributed by atoms with E-state index in [9.17, 15) is 0 Å². The highest BCUT2D eigenvalue weighted by molar-refractivity contribution is 6.04. The fourth-order valence-corrected chi connectivity index (χ4v) is 5.97. The molecule has 7 heteroatoms. The van der Waals surface area contributed by atoms with Gasteiger partial charge in [0.05, 0.1) is 11.9 Å². The Kier molecular flexibility index (Phi) is 6.31. The zero-order valence-electron chi connectivity index (χ0n) is 24.9. The van der Waals surface area contributed by atoms with Crippen molar-refractivity contribution in [3.63, 3.8) is 0 Å². The maximum Gasteiger partial charge on any atom is 0.227 e. The van der Waals surface area contributed by atoms with Gasteiger partial charge < -0.3 is 4.42 Å². The van der Waals surface area contributed by atoms with Gasteiger partial charge in [0.25, 0.3) is 0 Å². The zero-order chi connectivity index (χ0) is 31.2. The fraction of sp³-hybridized carbons (Fsp3) is 0. The third-order valence-corrected chi connectivity index (χ3v) is 8.30. The first-order chi connectivity index (χ1) is 23.3. The summed E-state index contributed by atoms with van der Waals surface area (Å²) in [5.41, 5.74) is 7.66. The molecule has 0 amide bonds. The van der Waals surface area contributed by atoms with Crippen LogP contribution in [0, 0.1) is 0 Å². The Morgan fingerprint density at radius 2 is 1.04 bits per heavy atom. The molecule has 9 rings (SSSR count). The van der Waals surface area contributed by atoms with Gasteiger partial charge in [-0.15, -0.1) is 5.10 Å². The molecule has 4 heterocycles. The average Bonchev–Trinajstić information content (AvgIpc) is 3.53. The molecule has 0 aliphatic carbocycles. The molecule has 0 fully saturated rings. The second-order valence-electron chi connectivity index (χ2n) is 11.3. The van der Waals surface area contributed by atoms with Crippen molar-refractivity contribution < 1.29 is 4.42 Å². The number of aromatic nitrogens is 6. The van der Waals surface area contributed by atoms with Gasteiger partial charge in [-0.3, -0.25) is 0 Å².